The fourth-order valence-electron chi connectivity index (χ4n) is 7.69. The quantitative estimate of drug-likeness (QED) is 0.174. The smallest absolute Gasteiger partial charge is 0.135 e. The van der Waals surface area contributed by atoms with E-state index in [1.54, 1.807) is 0 Å². The third-order valence-corrected chi connectivity index (χ3v) is 10.1. The minimum Gasteiger partial charge on any atom is -0.456 e. The number of benzene rings is 7. The summed E-state index contributed by atoms with van der Waals surface area (Å²) in [7, 11) is 0. The molecule has 0 spiro atoms. The monoisotopic (exact) mass is 646 g/mol. The highest BCUT2D eigenvalue weighted by molar-refractivity contribution is 6.11. The van der Waals surface area contributed by atoms with E-state index in [1.165, 1.54) is 49.6 Å². The Balaban J connectivity index is 1.06. The van der Waals surface area contributed by atoms with Gasteiger partial charge in [0.05, 0.1) is 29.5 Å². The van der Waals surface area contributed by atoms with Crippen molar-refractivity contribution in [2.24, 2.45) is 0 Å². The fraction of sp³-hybridized carbons (Fsp3) is 0.0667. The summed E-state index contributed by atoms with van der Waals surface area (Å²) in [4.78, 5) is 0. The Labute approximate surface area is 289 Å². The van der Waals surface area contributed by atoms with Crippen LogP contribution in [0, 0.1) is 0 Å². The predicted molar refractivity (Wildman–Crippen MR) is 204 cm³/mol. The van der Waals surface area contributed by atoms with Gasteiger partial charge in [0.1, 0.15) is 11.2 Å². The maximum atomic E-state index is 6.12. The SMILES string of the molecule is c1ccc(C2NC(c3ccccc3)NC(c3cccc(-n4c5ccccc5c5cc(-c6ccc7oc8ccccc8c7c6)ccc54)c3)N2)cc1. The van der Waals surface area contributed by atoms with Gasteiger partial charge in [-0.1, -0.05) is 121 Å². The van der Waals surface area contributed by atoms with E-state index < -0.39 is 0 Å². The van der Waals surface area contributed by atoms with Crippen LogP contribution in [-0.2, 0) is 0 Å². The number of para-hydroxylation sites is 2. The van der Waals surface area contributed by atoms with Gasteiger partial charge in [0.25, 0.3) is 0 Å². The lowest BCUT2D eigenvalue weighted by molar-refractivity contribution is 0.203. The molecule has 0 radical (unpaired) electrons. The van der Waals surface area contributed by atoms with E-state index in [1.807, 2.05) is 12.1 Å². The summed E-state index contributed by atoms with van der Waals surface area (Å²) in [6.07, 6.45) is -0.135. The van der Waals surface area contributed by atoms with Gasteiger partial charge in [0.2, 0.25) is 0 Å². The molecule has 1 saturated heterocycles. The van der Waals surface area contributed by atoms with Crippen LogP contribution in [0.4, 0.5) is 0 Å². The molecule has 240 valence electrons. The van der Waals surface area contributed by atoms with Crippen molar-refractivity contribution in [1.82, 2.24) is 20.5 Å². The Morgan fingerprint density at radius 3 is 1.66 bits per heavy atom. The summed E-state index contributed by atoms with van der Waals surface area (Å²) < 4.78 is 8.52. The van der Waals surface area contributed by atoms with Crippen molar-refractivity contribution in [1.29, 1.82) is 0 Å². The highest BCUT2D eigenvalue weighted by atomic mass is 16.3. The average molecular weight is 647 g/mol. The molecule has 1 aliphatic heterocycles. The Bertz CT molecular complexity index is 2610. The summed E-state index contributed by atoms with van der Waals surface area (Å²) >= 11 is 0. The summed E-state index contributed by atoms with van der Waals surface area (Å²) in [5.41, 5.74) is 11.3. The molecule has 2 unspecified atom stereocenters. The van der Waals surface area contributed by atoms with Crippen molar-refractivity contribution < 1.29 is 4.42 Å². The van der Waals surface area contributed by atoms with Crippen molar-refractivity contribution in [3.8, 4) is 16.8 Å². The highest BCUT2D eigenvalue weighted by Gasteiger charge is 2.29. The third kappa shape index (κ3) is 4.91. The first-order valence-corrected chi connectivity index (χ1v) is 17.2. The Kier molecular flexibility index (Phi) is 6.88. The third-order valence-electron chi connectivity index (χ3n) is 10.1. The van der Waals surface area contributed by atoms with Gasteiger partial charge in [-0.2, -0.15) is 0 Å². The lowest BCUT2D eigenvalue weighted by Gasteiger charge is -2.39. The maximum absolute atomic E-state index is 6.12. The van der Waals surface area contributed by atoms with Crippen LogP contribution in [0.3, 0.4) is 0 Å². The zero-order valence-electron chi connectivity index (χ0n) is 27.3. The van der Waals surface area contributed by atoms with Gasteiger partial charge in [0.15, 0.2) is 0 Å². The number of aromatic nitrogens is 1. The van der Waals surface area contributed by atoms with Crippen LogP contribution in [0.1, 0.15) is 35.2 Å². The molecule has 0 aliphatic carbocycles. The van der Waals surface area contributed by atoms with Gasteiger partial charge in [-0.25, -0.2) is 0 Å². The van der Waals surface area contributed by atoms with E-state index in [0.717, 1.165) is 27.6 Å². The van der Waals surface area contributed by atoms with Crippen LogP contribution in [-0.4, -0.2) is 4.57 Å². The molecule has 2 atom stereocenters. The number of hydrogen-bond acceptors (Lipinski definition) is 4. The summed E-state index contributed by atoms with van der Waals surface area (Å²) in [5.74, 6) is 0. The first-order chi connectivity index (χ1) is 24.8. The van der Waals surface area contributed by atoms with Crippen molar-refractivity contribution >= 4 is 43.7 Å². The standard InChI is InChI=1S/C45H34N4O/c1-3-12-29(13-4-1)43-46-44(30-14-5-2-6-15-30)48-45(47-43)33-16-11-17-34(26-33)49-39-20-9-7-18-35(39)37-27-31(22-24-40(37)49)32-23-25-42-38(28-32)36-19-8-10-21-41(36)50-42/h1-28,43-48H. The molecule has 5 nitrogen and oxygen atoms in total. The van der Waals surface area contributed by atoms with Crippen molar-refractivity contribution in [3.63, 3.8) is 0 Å². The minimum atomic E-state index is -0.0831. The van der Waals surface area contributed by atoms with Gasteiger partial charge in [-0.05, 0) is 76.3 Å². The molecule has 2 aromatic heterocycles. The van der Waals surface area contributed by atoms with Gasteiger partial charge < -0.3 is 8.98 Å². The first-order valence-electron chi connectivity index (χ1n) is 17.2. The van der Waals surface area contributed by atoms with Gasteiger partial charge in [-0.3, -0.25) is 16.0 Å². The molecule has 7 aromatic carbocycles. The fourth-order valence-corrected chi connectivity index (χ4v) is 7.69. The van der Waals surface area contributed by atoms with Crippen LogP contribution in [0.25, 0.3) is 60.6 Å². The lowest BCUT2D eigenvalue weighted by Crippen LogP contribution is -2.54. The van der Waals surface area contributed by atoms with Crippen molar-refractivity contribution in [2.45, 2.75) is 18.5 Å². The van der Waals surface area contributed by atoms with Gasteiger partial charge >= 0.3 is 0 Å². The maximum Gasteiger partial charge on any atom is 0.135 e. The van der Waals surface area contributed by atoms with Crippen LogP contribution in [0.15, 0.2) is 174 Å². The van der Waals surface area contributed by atoms with E-state index in [4.69, 9.17) is 4.42 Å². The Morgan fingerprint density at radius 1 is 0.380 bits per heavy atom. The van der Waals surface area contributed by atoms with Crippen LogP contribution >= 0.6 is 0 Å². The minimum absolute atomic E-state index is 0.0257. The molecular formula is C45H34N4O. The average Bonchev–Trinajstić information content (AvgIpc) is 3.73. The number of hydrogen-bond donors (Lipinski definition) is 3. The van der Waals surface area contributed by atoms with Crippen molar-refractivity contribution in [3.05, 3.63) is 187 Å². The van der Waals surface area contributed by atoms with E-state index in [-0.39, 0.29) is 18.5 Å². The number of nitrogens with one attached hydrogen (secondary N) is 3. The second kappa shape index (κ2) is 11.9. The molecule has 0 bridgehead atoms. The second-order valence-electron chi connectivity index (χ2n) is 13.1. The van der Waals surface area contributed by atoms with Crippen molar-refractivity contribution in [2.75, 3.05) is 0 Å². The first kappa shape index (κ1) is 29.0. The highest BCUT2D eigenvalue weighted by Crippen LogP contribution is 2.38. The Hall–Kier alpha value is -5.98. The Morgan fingerprint density at radius 2 is 0.920 bits per heavy atom. The summed E-state index contributed by atoms with van der Waals surface area (Å²) in [5, 5.41) is 16.2. The molecule has 0 amide bonds. The van der Waals surface area contributed by atoms with E-state index in [0.29, 0.717) is 0 Å². The summed E-state index contributed by atoms with van der Waals surface area (Å²) in [6.45, 7) is 0. The van der Waals surface area contributed by atoms with Crippen LogP contribution in [0.2, 0.25) is 0 Å². The van der Waals surface area contributed by atoms with E-state index >= 15 is 0 Å². The number of furan rings is 1. The zero-order chi connectivity index (χ0) is 33.0. The predicted octanol–water partition coefficient (Wildman–Crippen LogP) is 10.5. The lowest BCUT2D eigenvalue weighted by atomic mass is 10.0. The second-order valence-corrected chi connectivity index (χ2v) is 13.1. The number of nitrogens with zero attached hydrogens (tertiary/aromatic N) is 1. The number of fused-ring (bicyclic) bond motifs is 6. The molecule has 10 rings (SSSR count). The molecule has 1 fully saturated rings. The summed E-state index contributed by atoms with van der Waals surface area (Å²) in [6, 6.07) is 60.5. The topological polar surface area (TPSA) is 54.2 Å². The molecule has 3 heterocycles. The molecule has 9 aromatic rings. The van der Waals surface area contributed by atoms with Crippen LogP contribution < -0.4 is 16.0 Å². The molecule has 3 N–H and O–H groups in total. The van der Waals surface area contributed by atoms with Gasteiger partial charge in [-0.15, -0.1) is 0 Å². The zero-order valence-corrected chi connectivity index (χ0v) is 27.3. The van der Waals surface area contributed by atoms with E-state index in [2.05, 4.69) is 178 Å². The van der Waals surface area contributed by atoms with Gasteiger partial charge in [0, 0.05) is 27.2 Å². The normalized spacial score (nSPS) is 18.0. The van der Waals surface area contributed by atoms with E-state index in [9.17, 15) is 0 Å². The molecule has 50 heavy (non-hydrogen) atoms. The number of rotatable bonds is 5. The molecular weight excluding hydrogens is 613 g/mol. The molecule has 0 saturated carbocycles. The van der Waals surface area contributed by atoms with Crippen LogP contribution in [0.5, 0.6) is 0 Å². The largest absolute Gasteiger partial charge is 0.456 e. The molecule has 5 heteroatoms. The molecule has 1 aliphatic rings.